The molecule has 5 heteroatoms. The number of methoxy groups -OCH3 is 1. The molecule has 1 aromatic heterocycles. The third-order valence-corrected chi connectivity index (χ3v) is 1.82. The molecular weight excluding hydrogens is 182 g/mol. The van der Waals surface area contributed by atoms with Crippen LogP contribution in [0, 0.1) is 6.57 Å². The van der Waals surface area contributed by atoms with Gasteiger partial charge in [-0.3, -0.25) is 4.85 Å². The van der Waals surface area contributed by atoms with Gasteiger partial charge in [0.05, 0.1) is 7.11 Å². The molecule has 0 aliphatic rings. The van der Waals surface area contributed by atoms with Gasteiger partial charge in [-0.2, -0.15) is 9.78 Å². The van der Waals surface area contributed by atoms with E-state index >= 15 is 0 Å². The van der Waals surface area contributed by atoms with Crippen LogP contribution in [0.2, 0.25) is 0 Å². The molecule has 1 rings (SSSR count). The molecule has 0 unspecified atom stereocenters. The Morgan fingerprint density at radius 2 is 2.36 bits per heavy atom. The van der Waals surface area contributed by atoms with Crippen molar-refractivity contribution in [3.8, 4) is 0 Å². The lowest BCUT2D eigenvalue weighted by molar-refractivity contribution is 0.0592. The number of nitrogens with zero attached hydrogens (tertiary/aromatic N) is 3. The summed E-state index contributed by atoms with van der Waals surface area (Å²) in [6.45, 7) is 10.4. The number of ether oxygens (including phenoxy) is 1. The van der Waals surface area contributed by atoms with Crippen LogP contribution in [0.4, 0.5) is 0 Å². The van der Waals surface area contributed by atoms with Crippen molar-refractivity contribution in [2.45, 2.75) is 19.5 Å². The molecule has 0 amide bonds. The highest BCUT2D eigenvalue weighted by molar-refractivity contribution is 5.86. The van der Waals surface area contributed by atoms with Crippen molar-refractivity contribution in [3.05, 3.63) is 29.4 Å². The maximum Gasteiger partial charge on any atom is 0.358 e. The van der Waals surface area contributed by atoms with Crippen molar-refractivity contribution in [2.75, 3.05) is 7.11 Å². The summed E-state index contributed by atoms with van der Waals surface area (Å²) < 4.78 is 5.94. The van der Waals surface area contributed by atoms with Crippen molar-refractivity contribution in [2.24, 2.45) is 0 Å². The zero-order chi connectivity index (χ0) is 10.8. The smallest absolute Gasteiger partial charge is 0.358 e. The first-order valence-electron chi connectivity index (χ1n) is 4.04. The van der Waals surface area contributed by atoms with E-state index in [1.54, 1.807) is 20.0 Å². The zero-order valence-corrected chi connectivity index (χ0v) is 8.31. The number of hydrogen-bond donors (Lipinski definition) is 0. The number of hydrogen-bond acceptors (Lipinski definition) is 3. The van der Waals surface area contributed by atoms with Gasteiger partial charge < -0.3 is 4.74 Å². The number of esters is 1. The monoisotopic (exact) mass is 193 g/mol. The Bertz CT molecular complexity index is 387. The molecule has 0 radical (unpaired) electrons. The molecule has 0 aliphatic heterocycles. The molecule has 74 valence electrons. The first kappa shape index (κ1) is 10.3. The molecule has 0 saturated heterocycles. The van der Waals surface area contributed by atoms with E-state index in [1.165, 1.54) is 17.9 Å². The normalized spacial score (nSPS) is 10.7. The zero-order valence-electron chi connectivity index (χ0n) is 8.31. The molecule has 5 nitrogen and oxygen atoms in total. The number of carbonyl (C=O) groups excluding carboxylic acids is 1. The van der Waals surface area contributed by atoms with E-state index in [-0.39, 0.29) is 5.69 Å². The minimum Gasteiger partial charge on any atom is -0.464 e. The molecular formula is C9H11N3O2. The van der Waals surface area contributed by atoms with Gasteiger partial charge in [-0.05, 0) is 6.07 Å². The average molecular weight is 193 g/mol. The molecule has 14 heavy (non-hydrogen) atoms. The highest BCUT2D eigenvalue weighted by Crippen LogP contribution is 2.15. The lowest BCUT2D eigenvalue weighted by Gasteiger charge is -2.10. The Labute approximate surface area is 82.1 Å². The van der Waals surface area contributed by atoms with E-state index < -0.39 is 11.6 Å². The van der Waals surface area contributed by atoms with E-state index in [4.69, 9.17) is 6.57 Å². The van der Waals surface area contributed by atoms with Crippen LogP contribution in [-0.2, 0) is 10.4 Å². The fraction of sp³-hybridized carbons (Fsp3) is 0.444. The summed E-state index contributed by atoms with van der Waals surface area (Å²) in [5.41, 5.74) is -0.559. The first-order valence-corrected chi connectivity index (χ1v) is 4.04. The van der Waals surface area contributed by atoms with Crippen LogP contribution in [0.3, 0.4) is 0 Å². The van der Waals surface area contributed by atoms with Gasteiger partial charge >= 0.3 is 11.6 Å². The third kappa shape index (κ3) is 1.74. The second-order valence-electron chi connectivity index (χ2n) is 3.24. The number of carbonyl (C=O) groups is 1. The topological polar surface area (TPSA) is 48.5 Å². The molecule has 0 saturated carbocycles. The van der Waals surface area contributed by atoms with Crippen LogP contribution in [0.5, 0.6) is 0 Å². The van der Waals surface area contributed by atoms with Crippen LogP contribution in [0.1, 0.15) is 24.3 Å². The van der Waals surface area contributed by atoms with Crippen molar-refractivity contribution in [1.29, 1.82) is 0 Å². The van der Waals surface area contributed by atoms with Crippen LogP contribution in [0.15, 0.2) is 12.3 Å². The Hall–Kier alpha value is -1.83. The predicted molar refractivity (Wildman–Crippen MR) is 49.5 cm³/mol. The molecule has 0 fully saturated rings. The molecule has 0 aliphatic carbocycles. The molecule has 0 bridgehead atoms. The molecule has 0 aromatic carbocycles. The van der Waals surface area contributed by atoms with Crippen LogP contribution >= 0.6 is 0 Å². The van der Waals surface area contributed by atoms with Crippen LogP contribution < -0.4 is 0 Å². The molecule has 0 spiro atoms. The van der Waals surface area contributed by atoms with E-state index in [0.717, 1.165) is 0 Å². The fourth-order valence-corrected chi connectivity index (χ4v) is 0.893. The number of aromatic nitrogens is 2. The fourth-order valence-electron chi connectivity index (χ4n) is 0.893. The molecule has 0 N–H and O–H groups in total. The Balaban J connectivity index is 3.01. The van der Waals surface area contributed by atoms with Crippen molar-refractivity contribution < 1.29 is 9.53 Å². The summed E-state index contributed by atoms with van der Waals surface area (Å²) in [4.78, 5) is 14.5. The first-order chi connectivity index (χ1) is 6.51. The lowest BCUT2D eigenvalue weighted by atomic mass is 10.3. The van der Waals surface area contributed by atoms with Gasteiger partial charge in [-0.1, -0.05) is 0 Å². The van der Waals surface area contributed by atoms with Crippen LogP contribution in [-0.4, -0.2) is 22.9 Å². The standard InChI is InChI=1S/C9H11N3O2/c1-9(2,10-3)12-6-5-7(11-12)8(13)14-4/h5-6H,1-2,4H3. The van der Waals surface area contributed by atoms with Gasteiger partial charge in [-0.15, -0.1) is 0 Å². The van der Waals surface area contributed by atoms with Crippen LogP contribution in [0.25, 0.3) is 4.85 Å². The van der Waals surface area contributed by atoms with Crippen molar-refractivity contribution in [1.82, 2.24) is 9.78 Å². The number of rotatable bonds is 2. The van der Waals surface area contributed by atoms with Gasteiger partial charge in [0.2, 0.25) is 0 Å². The van der Waals surface area contributed by atoms with Gasteiger partial charge in [-0.25, -0.2) is 11.4 Å². The van der Waals surface area contributed by atoms with Crippen molar-refractivity contribution >= 4 is 5.97 Å². The largest absolute Gasteiger partial charge is 0.464 e. The lowest BCUT2D eigenvalue weighted by Crippen LogP contribution is -2.22. The van der Waals surface area contributed by atoms with Gasteiger partial charge in [0, 0.05) is 20.0 Å². The third-order valence-electron chi connectivity index (χ3n) is 1.82. The molecule has 0 atom stereocenters. The maximum absolute atomic E-state index is 11.1. The quantitative estimate of drug-likeness (QED) is 0.525. The molecule has 1 heterocycles. The van der Waals surface area contributed by atoms with Gasteiger partial charge in [0.15, 0.2) is 5.69 Å². The summed E-state index contributed by atoms with van der Waals surface area (Å²) >= 11 is 0. The summed E-state index contributed by atoms with van der Waals surface area (Å²) in [5.74, 6) is -0.496. The summed E-state index contributed by atoms with van der Waals surface area (Å²) in [6, 6.07) is 1.53. The van der Waals surface area contributed by atoms with E-state index in [9.17, 15) is 4.79 Å². The Kier molecular flexibility index (Phi) is 2.56. The van der Waals surface area contributed by atoms with Gasteiger partial charge in [0.25, 0.3) is 0 Å². The highest BCUT2D eigenvalue weighted by Gasteiger charge is 2.27. The van der Waals surface area contributed by atoms with E-state index in [1.807, 2.05) is 0 Å². The highest BCUT2D eigenvalue weighted by atomic mass is 16.5. The van der Waals surface area contributed by atoms with Crippen molar-refractivity contribution in [3.63, 3.8) is 0 Å². The Morgan fingerprint density at radius 3 is 2.86 bits per heavy atom. The maximum atomic E-state index is 11.1. The van der Waals surface area contributed by atoms with E-state index in [0.29, 0.717) is 0 Å². The van der Waals surface area contributed by atoms with Gasteiger partial charge in [0.1, 0.15) is 0 Å². The second-order valence-corrected chi connectivity index (χ2v) is 3.24. The second kappa shape index (κ2) is 3.50. The summed E-state index contributed by atoms with van der Waals surface area (Å²) in [5, 5.41) is 3.95. The summed E-state index contributed by atoms with van der Waals surface area (Å²) in [6.07, 6.45) is 1.59. The average Bonchev–Trinajstić information content (AvgIpc) is 2.66. The molecule has 1 aromatic rings. The minimum atomic E-state index is -0.772. The minimum absolute atomic E-state index is 0.212. The Morgan fingerprint density at radius 1 is 1.71 bits per heavy atom. The SMILES string of the molecule is [C-]#[N+]C(C)(C)n1ccc(C(=O)OC)n1. The predicted octanol–water partition coefficient (Wildman–Crippen LogP) is 1.28. The van der Waals surface area contributed by atoms with E-state index in [2.05, 4.69) is 14.7 Å². The summed E-state index contributed by atoms with van der Waals surface area (Å²) in [7, 11) is 1.29.